The SMILES string of the molecule is COc1ccc(Cl)cc1S(=O)(=O)N(CC(=O)Nc1cc(Cl)ccc1Cl)Cc1ccccc1. The van der Waals surface area contributed by atoms with Crippen molar-refractivity contribution in [1.29, 1.82) is 0 Å². The second-order valence-corrected chi connectivity index (χ2v) is 9.91. The minimum absolute atomic E-state index is 0.0461. The molecule has 0 aliphatic rings. The molecule has 1 amide bonds. The molecule has 0 fully saturated rings. The van der Waals surface area contributed by atoms with Gasteiger partial charge in [0.05, 0.1) is 24.4 Å². The van der Waals surface area contributed by atoms with E-state index in [0.717, 1.165) is 4.31 Å². The number of nitrogens with one attached hydrogen (secondary N) is 1. The Hall–Kier alpha value is -2.29. The summed E-state index contributed by atoms with van der Waals surface area (Å²) < 4.78 is 33.3. The van der Waals surface area contributed by atoms with E-state index in [1.54, 1.807) is 30.3 Å². The second kappa shape index (κ2) is 10.6. The number of benzene rings is 3. The lowest BCUT2D eigenvalue weighted by molar-refractivity contribution is -0.116. The van der Waals surface area contributed by atoms with E-state index in [0.29, 0.717) is 10.6 Å². The Balaban J connectivity index is 1.96. The van der Waals surface area contributed by atoms with Crippen LogP contribution in [0.25, 0.3) is 0 Å². The van der Waals surface area contributed by atoms with E-state index < -0.39 is 22.5 Å². The summed E-state index contributed by atoms with van der Waals surface area (Å²) in [5.41, 5.74) is 0.979. The molecule has 0 saturated carbocycles. The average Bonchev–Trinajstić information content (AvgIpc) is 2.76. The molecule has 0 saturated heterocycles. The normalized spacial score (nSPS) is 11.4. The maximum absolute atomic E-state index is 13.5. The highest BCUT2D eigenvalue weighted by molar-refractivity contribution is 7.89. The summed E-state index contributed by atoms with van der Waals surface area (Å²) in [6, 6.07) is 17.8. The zero-order valence-corrected chi connectivity index (χ0v) is 20.0. The molecule has 1 N–H and O–H groups in total. The molecular formula is C22H19Cl3N2O4S. The maximum atomic E-state index is 13.5. The van der Waals surface area contributed by atoms with Crippen LogP contribution >= 0.6 is 34.8 Å². The predicted octanol–water partition coefficient (Wildman–Crippen LogP) is 5.49. The molecule has 3 aromatic carbocycles. The number of amides is 1. The van der Waals surface area contributed by atoms with Crippen LogP contribution in [0.15, 0.2) is 71.6 Å². The average molecular weight is 514 g/mol. The summed E-state index contributed by atoms with van der Waals surface area (Å²) in [5.74, 6) is -0.472. The fourth-order valence-corrected chi connectivity index (χ4v) is 5.09. The lowest BCUT2D eigenvalue weighted by Crippen LogP contribution is -2.37. The summed E-state index contributed by atoms with van der Waals surface area (Å²) in [6.07, 6.45) is 0. The van der Waals surface area contributed by atoms with Gasteiger partial charge < -0.3 is 10.1 Å². The van der Waals surface area contributed by atoms with Crippen molar-refractivity contribution in [3.63, 3.8) is 0 Å². The topological polar surface area (TPSA) is 75.7 Å². The molecule has 0 unspecified atom stereocenters. The van der Waals surface area contributed by atoms with Gasteiger partial charge in [-0.1, -0.05) is 65.1 Å². The number of hydrogen-bond donors (Lipinski definition) is 1. The molecule has 3 aromatic rings. The van der Waals surface area contributed by atoms with E-state index in [-0.39, 0.29) is 32.9 Å². The Morgan fingerprint density at radius 1 is 0.969 bits per heavy atom. The second-order valence-electron chi connectivity index (χ2n) is 6.73. The zero-order valence-electron chi connectivity index (χ0n) is 16.9. The lowest BCUT2D eigenvalue weighted by Gasteiger charge is -2.23. The summed E-state index contributed by atoms with van der Waals surface area (Å²) in [6.45, 7) is -0.523. The predicted molar refractivity (Wildman–Crippen MR) is 127 cm³/mol. The quantitative estimate of drug-likeness (QED) is 0.432. The Kier molecular flexibility index (Phi) is 8.03. The first-order valence-corrected chi connectivity index (χ1v) is 11.9. The van der Waals surface area contributed by atoms with Gasteiger partial charge >= 0.3 is 0 Å². The molecule has 168 valence electrons. The van der Waals surface area contributed by atoms with Crippen molar-refractivity contribution in [1.82, 2.24) is 4.31 Å². The van der Waals surface area contributed by atoms with Crippen LogP contribution in [0.5, 0.6) is 5.75 Å². The summed E-state index contributed by atoms with van der Waals surface area (Å²) >= 11 is 18.1. The van der Waals surface area contributed by atoms with Crippen LogP contribution < -0.4 is 10.1 Å². The molecule has 0 spiro atoms. The van der Waals surface area contributed by atoms with Crippen molar-refractivity contribution in [2.75, 3.05) is 19.0 Å². The highest BCUT2D eigenvalue weighted by atomic mass is 35.5. The van der Waals surface area contributed by atoms with Gasteiger partial charge in [-0.15, -0.1) is 0 Å². The number of methoxy groups -OCH3 is 1. The molecule has 10 heteroatoms. The number of anilines is 1. The number of sulfonamides is 1. The van der Waals surface area contributed by atoms with Gasteiger partial charge in [0.25, 0.3) is 0 Å². The van der Waals surface area contributed by atoms with E-state index >= 15 is 0 Å². The number of hydrogen-bond acceptors (Lipinski definition) is 4. The molecular weight excluding hydrogens is 495 g/mol. The molecule has 3 rings (SSSR count). The molecule has 6 nitrogen and oxygen atoms in total. The monoisotopic (exact) mass is 512 g/mol. The minimum atomic E-state index is -4.17. The highest BCUT2D eigenvalue weighted by Gasteiger charge is 2.30. The Morgan fingerprint density at radius 2 is 1.62 bits per heavy atom. The number of carbonyl (C=O) groups is 1. The number of nitrogens with zero attached hydrogens (tertiary/aromatic N) is 1. The van der Waals surface area contributed by atoms with Crippen molar-refractivity contribution in [2.24, 2.45) is 0 Å². The van der Waals surface area contributed by atoms with E-state index in [4.69, 9.17) is 39.5 Å². The number of carbonyl (C=O) groups excluding carboxylic acids is 1. The summed E-state index contributed by atoms with van der Waals surface area (Å²) in [7, 11) is -2.81. The van der Waals surface area contributed by atoms with Crippen LogP contribution in [-0.2, 0) is 21.4 Å². The molecule has 0 heterocycles. The van der Waals surface area contributed by atoms with Crippen LogP contribution in [0.4, 0.5) is 5.69 Å². The molecule has 0 aliphatic carbocycles. The van der Waals surface area contributed by atoms with Gasteiger partial charge in [0, 0.05) is 16.6 Å². The lowest BCUT2D eigenvalue weighted by atomic mass is 10.2. The number of halogens is 3. The molecule has 0 atom stereocenters. The largest absolute Gasteiger partial charge is 0.495 e. The van der Waals surface area contributed by atoms with Crippen LogP contribution in [-0.4, -0.2) is 32.3 Å². The van der Waals surface area contributed by atoms with Crippen molar-refractivity contribution in [2.45, 2.75) is 11.4 Å². The van der Waals surface area contributed by atoms with Crippen LogP contribution in [0.1, 0.15) is 5.56 Å². The maximum Gasteiger partial charge on any atom is 0.247 e. The molecule has 0 aliphatic heterocycles. The molecule has 0 radical (unpaired) electrons. The van der Waals surface area contributed by atoms with Gasteiger partial charge in [-0.2, -0.15) is 4.31 Å². The Labute approximate surface area is 201 Å². The zero-order chi connectivity index (χ0) is 23.3. The Bertz CT molecular complexity index is 1220. The van der Waals surface area contributed by atoms with Gasteiger partial charge in [0.15, 0.2) is 0 Å². The summed E-state index contributed by atoms with van der Waals surface area (Å²) in [4.78, 5) is 12.7. The van der Waals surface area contributed by atoms with Crippen molar-refractivity contribution >= 4 is 56.4 Å². The molecule has 0 aromatic heterocycles. The first kappa shape index (κ1) is 24.4. The smallest absolute Gasteiger partial charge is 0.247 e. The number of ether oxygens (including phenoxy) is 1. The highest BCUT2D eigenvalue weighted by Crippen LogP contribution is 2.31. The first-order valence-electron chi connectivity index (χ1n) is 9.33. The van der Waals surface area contributed by atoms with Crippen LogP contribution in [0.2, 0.25) is 15.1 Å². The van der Waals surface area contributed by atoms with Crippen molar-refractivity contribution in [3.05, 3.63) is 87.4 Å². The van der Waals surface area contributed by atoms with Crippen LogP contribution in [0.3, 0.4) is 0 Å². The first-order chi connectivity index (χ1) is 15.2. The van der Waals surface area contributed by atoms with Gasteiger partial charge in [0.1, 0.15) is 10.6 Å². The summed E-state index contributed by atoms with van der Waals surface area (Å²) in [5, 5.41) is 3.49. The third-order valence-electron chi connectivity index (χ3n) is 4.47. The fourth-order valence-electron chi connectivity index (χ4n) is 2.95. The standard InChI is InChI=1S/C22H19Cl3N2O4S/c1-31-20-10-8-17(24)12-21(20)32(29,30)27(13-15-5-3-2-4-6-15)14-22(28)26-19-11-16(23)7-9-18(19)25/h2-12H,13-14H2,1H3,(H,26,28). The number of rotatable bonds is 8. The third-order valence-corrected chi connectivity index (χ3v) is 7.08. The Morgan fingerprint density at radius 3 is 2.31 bits per heavy atom. The van der Waals surface area contributed by atoms with Crippen LogP contribution in [0, 0.1) is 0 Å². The van der Waals surface area contributed by atoms with Crippen molar-refractivity contribution in [3.8, 4) is 5.75 Å². The minimum Gasteiger partial charge on any atom is -0.495 e. The third kappa shape index (κ3) is 5.94. The van der Waals surface area contributed by atoms with E-state index in [1.165, 1.54) is 37.4 Å². The van der Waals surface area contributed by atoms with Gasteiger partial charge in [-0.25, -0.2) is 8.42 Å². The van der Waals surface area contributed by atoms with Gasteiger partial charge in [-0.05, 0) is 42.0 Å². The molecule has 32 heavy (non-hydrogen) atoms. The van der Waals surface area contributed by atoms with E-state index in [9.17, 15) is 13.2 Å². The van der Waals surface area contributed by atoms with Gasteiger partial charge in [0.2, 0.25) is 15.9 Å². The van der Waals surface area contributed by atoms with Gasteiger partial charge in [-0.3, -0.25) is 4.79 Å². The molecule has 0 bridgehead atoms. The van der Waals surface area contributed by atoms with E-state index in [1.807, 2.05) is 6.07 Å². The van der Waals surface area contributed by atoms with E-state index in [2.05, 4.69) is 5.32 Å². The van der Waals surface area contributed by atoms with Crippen molar-refractivity contribution < 1.29 is 17.9 Å². The fraction of sp³-hybridized carbons (Fsp3) is 0.136.